The van der Waals surface area contributed by atoms with E-state index in [9.17, 15) is 24.0 Å². The van der Waals surface area contributed by atoms with Gasteiger partial charge in [0.1, 0.15) is 18.8 Å². The Kier molecular flexibility index (Phi) is 12.1. The zero-order valence-corrected chi connectivity index (χ0v) is 28.1. The Morgan fingerprint density at radius 1 is 0.911 bits per heavy atom. The van der Waals surface area contributed by atoms with E-state index in [2.05, 4.69) is 10.8 Å². The van der Waals surface area contributed by atoms with Crippen molar-refractivity contribution in [1.82, 2.24) is 0 Å². The van der Waals surface area contributed by atoms with Crippen molar-refractivity contribution in [3.63, 3.8) is 0 Å². The molecule has 1 aliphatic heterocycles. The summed E-state index contributed by atoms with van der Waals surface area (Å²) in [6.07, 6.45) is 6.11. The molecule has 0 aromatic heterocycles. The molecule has 45 heavy (non-hydrogen) atoms. The second kappa shape index (κ2) is 15.0. The number of carbonyl (C=O) groups excluding carboxylic acids is 5. The van der Waals surface area contributed by atoms with Crippen LogP contribution in [0.5, 0.6) is 0 Å². The number of fused-ring (bicyclic) bond motifs is 3. The van der Waals surface area contributed by atoms with Crippen LogP contribution in [0.15, 0.2) is 0 Å². The number of carbonyl (C=O) groups is 5. The molecule has 9 atom stereocenters. The van der Waals surface area contributed by atoms with Crippen LogP contribution >= 0.6 is 0 Å². The molecule has 0 N–H and O–H groups in total. The molecule has 252 valence electrons. The molecule has 4 saturated carbocycles. The van der Waals surface area contributed by atoms with Crippen LogP contribution in [0.1, 0.15) is 92.9 Å². The fraction of sp³-hybridized carbons (Fsp3) is 0.824. The van der Waals surface area contributed by atoms with E-state index in [0.717, 1.165) is 18.3 Å². The number of methoxy groups -OCH3 is 2. The molecule has 0 aromatic rings. The van der Waals surface area contributed by atoms with Gasteiger partial charge in [0.2, 0.25) is 0 Å². The zero-order valence-electron chi connectivity index (χ0n) is 28.1. The van der Waals surface area contributed by atoms with Gasteiger partial charge in [-0.05, 0) is 78.1 Å². The SMILES string of the molecule is CCC(C)(C)C(=O)OC.CCC(C)(C)C(=O)OCCC(=O)OC1C2CC3C1OC(=O)C3C2C(=O)OC.N#CC1CC2CCC1C2. The first kappa shape index (κ1) is 36.3. The summed E-state index contributed by atoms with van der Waals surface area (Å²) in [6, 6.07) is 2.40. The standard InChI is InChI=1S/C19H26O8.C8H11N.C7H14O2/c1-5-19(2,3)18(23)25-7-6-11(20)26-14-9-8-10-13(12(9)16(21)24-4)17(22)27-15(10)14;9-5-8-4-6-1-2-7(8)3-6;1-5-7(2,3)6(8)9-4/h9-10,12-15H,5-8H2,1-4H3;6-8H,1-4H2;5H2,1-4H3. The van der Waals surface area contributed by atoms with Crippen molar-refractivity contribution in [3.8, 4) is 6.07 Å². The monoisotopic (exact) mass is 633 g/mol. The summed E-state index contributed by atoms with van der Waals surface area (Å²) < 4.78 is 25.4. The van der Waals surface area contributed by atoms with Gasteiger partial charge in [0.15, 0.2) is 0 Å². The van der Waals surface area contributed by atoms with E-state index in [4.69, 9.17) is 24.2 Å². The predicted octanol–water partition coefficient (Wildman–Crippen LogP) is 4.79. The Hall–Kier alpha value is -3.16. The molecule has 1 heterocycles. The molecule has 0 radical (unpaired) electrons. The van der Waals surface area contributed by atoms with Crippen molar-refractivity contribution < 1.29 is 47.7 Å². The summed E-state index contributed by atoms with van der Waals surface area (Å²) >= 11 is 0. The van der Waals surface area contributed by atoms with Crippen LogP contribution in [-0.4, -0.2) is 62.9 Å². The summed E-state index contributed by atoms with van der Waals surface area (Å²) in [4.78, 5) is 59.2. The third-order valence-corrected chi connectivity index (χ3v) is 10.8. The summed E-state index contributed by atoms with van der Waals surface area (Å²) in [5, 5.41) is 8.64. The Bertz CT molecular complexity index is 1160. The maximum Gasteiger partial charge on any atom is 0.311 e. The molecule has 5 fully saturated rings. The first-order chi connectivity index (χ1) is 21.1. The lowest BCUT2D eigenvalue weighted by atomic mass is 9.78. The van der Waals surface area contributed by atoms with Crippen LogP contribution in [0, 0.1) is 63.6 Å². The number of ether oxygens (including phenoxy) is 5. The van der Waals surface area contributed by atoms with Crippen LogP contribution in [0.4, 0.5) is 0 Å². The van der Waals surface area contributed by atoms with E-state index in [1.165, 1.54) is 39.9 Å². The summed E-state index contributed by atoms with van der Waals surface area (Å²) in [5.74, 6) is -1.31. The van der Waals surface area contributed by atoms with Crippen molar-refractivity contribution in [2.24, 2.45) is 52.3 Å². The van der Waals surface area contributed by atoms with Crippen LogP contribution in [0.3, 0.4) is 0 Å². The Morgan fingerprint density at radius 2 is 1.56 bits per heavy atom. The highest BCUT2D eigenvalue weighted by atomic mass is 16.6. The lowest BCUT2D eigenvalue weighted by Crippen LogP contribution is -2.43. The summed E-state index contributed by atoms with van der Waals surface area (Å²) in [6.45, 7) is 11.1. The highest BCUT2D eigenvalue weighted by molar-refractivity contribution is 5.86. The average molecular weight is 634 g/mol. The molecule has 5 aliphatic rings. The van der Waals surface area contributed by atoms with Gasteiger partial charge >= 0.3 is 29.8 Å². The fourth-order valence-electron chi connectivity index (χ4n) is 7.21. The van der Waals surface area contributed by atoms with E-state index < -0.39 is 47.4 Å². The molecule has 1 saturated heterocycles. The van der Waals surface area contributed by atoms with E-state index in [1.54, 1.807) is 13.8 Å². The molecule has 4 bridgehead atoms. The van der Waals surface area contributed by atoms with Gasteiger partial charge in [0.05, 0.1) is 49.4 Å². The van der Waals surface area contributed by atoms with Crippen LogP contribution < -0.4 is 0 Å². The number of esters is 5. The third-order valence-electron chi connectivity index (χ3n) is 10.8. The van der Waals surface area contributed by atoms with E-state index >= 15 is 0 Å². The van der Waals surface area contributed by atoms with Crippen molar-refractivity contribution in [3.05, 3.63) is 0 Å². The number of hydrogen-bond donors (Lipinski definition) is 0. The Morgan fingerprint density at radius 3 is 2.02 bits per heavy atom. The van der Waals surface area contributed by atoms with Gasteiger partial charge in [-0.15, -0.1) is 0 Å². The van der Waals surface area contributed by atoms with Crippen molar-refractivity contribution in [1.29, 1.82) is 5.26 Å². The largest absolute Gasteiger partial charge is 0.469 e. The second-order valence-corrected chi connectivity index (χ2v) is 14.3. The van der Waals surface area contributed by atoms with Gasteiger partial charge in [0, 0.05) is 17.8 Å². The van der Waals surface area contributed by atoms with Crippen molar-refractivity contribution in [2.75, 3.05) is 20.8 Å². The van der Waals surface area contributed by atoms with Crippen LogP contribution in [0.2, 0.25) is 0 Å². The minimum absolute atomic E-state index is 0.0740. The van der Waals surface area contributed by atoms with Gasteiger partial charge in [-0.3, -0.25) is 24.0 Å². The predicted molar refractivity (Wildman–Crippen MR) is 161 cm³/mol. The van der Waals surface area contributed by atoms with Crippen molar-refractivity contribution >= 4 is 29.8 Å². The minimum atomic E-state index is -0.655. The topological polar surface area (TPSA) is 155 Å². The maximum atomic E-state index is 12.2. The van der Waals surface area contributed by atoms with Gasteiger partial charge in [-0.2, -0.15) is 5.26 Å². The van der Waals surface area contributed by atoms with E-state index in [0.29, 0.717) is 18.8 Å². The highest BCUT2D eigenvalue weighted by Crippen LogP contribution is 2.59. The van der Waals surface area contributed by atoms with E-state index in [1.807, 2.05) is 27.7 Å². The molecule has 11 heteroatoms. The quantitative estimate of drug-likeness (QED) is 0.254. The van der Waals surface area contributed by atoms with Gasteiger partial charge in [-0.25, -0.2) is 0 Å². The van der Waals surface area contributed by atoms with Crippen LogP contribution in [-0.2, 0) is 47.7 Å². The average Bonchev–Trinajstić information content (AvgIpc) is 3.84. The zero-order chi connectivity index (χ0) is 33.7. The van der Waals surface area contributed by atoms with E-state index in [-0.39, 0.29) is 42.2 Å². The molecule has 0 spiro atoms. The molecule has 0 amide bonds. The lowest BCUT2D eigenvalue weighted by molar-refractivity contribution is -0.167. The number of rotatable bonds is 9. The Balaban J connectivity index is 0.000000248. The Labute approximate surface area is 267 Å². The molecular formula is C34H51NO10. The molecule has 5 rings (SSSR count). The number of hydrogen-bond acceptors (Lipinski definition) is 11. The minimum Gasteiger partial charge on any atom is -0.469 e. The smallest absolute Gasteiger partial charge is 0.311 e. The third kappa shape index (κ3) is 7.98. The lowest BCUT2D eigenvalue weighted by Gasteiger charge is -2.29. The molecule has 0 aromatic carbocycles. The van der Waals surface area contributed by atoms with Crippen LogP contribution in [0.25, 0.3) is 0 Å². The number of nitrogens with zero attached hydrogens (tertiary/aromatic N) is 1. The normalized spacial score (nSPS) is 31.8. The van der Waals surface area contributed by atoms with Gasteiger partial charge < -0.3 is 23.7 Å². The second-order valence-electron chi connectivity index (χ2n) is 14.3. The van der Waals surface area contributed by atoms with Gasteiger partial charge in [-0.1, -0.05) is 20.3 Å². The molecule has 4 aliphatic carbocycles. The van der Waals surface area contributed by atoms with Gasteiger partial charge in [0.25, 0.3) is 0 Å². The molecular weight excluding hydrogens is 582 g/mol. The number of nitriles is 1. The first-order valence-electron chi connectivity index (χ1n) is 16.3. The van der Waals surface area contributed by atoms with Crippen molar-refractivity contribution in [2.45, 2.75) is 105 Å². The first-order valence-corrected chi connectivity index (χ1v) is 16.3. The molecule has 11 nitrogen and oxygen atoms in total. The fourth-order valence-corrected chi connectivity index (χ4v) is 7.21. The highest BCUT2D eigenvalue weighted by Gasteiger charge is 2.70. The molecule has 9 unspecified atom stereocenters. The maximum absolute atomic E-state index is 12.2. The summed E-state index contributed by atoms with van der Waals surface area (Å²) in [5.41, 5.74) is -0.913. The summed E-state index contributed by atoms with van der Waals surface area (Å²) in [7, 11) is 2.69.